The highest BCUT2D eigenvalue weighted by Gasteiger charge is 2.31. The minimum atomic E-state index is -0.781. The van der Waals surface area contributed by atoms with Crippen LogP contribution < -0.4 is 0 Å². The van der Waals surface area contributed by atoms with E-state index in [0.717, 1.165) is 4.90 Å². The third-order valence-corrected chi connectivity index (χ3v) is 3.16. The van der Waals surface area contributed by atoms with E-state index in [1.54, 1.807) is 13.8 Å². The molecule has 0 fully saturated rings. The zero-order chi connectivity index (χ0) is 17.3. The molecule has 0 saturated heterocycles. The standard InChI is InChI=1S/C15H24N2O5/c1-7-9-21-14(19)12(4)16(5)13(18)11(3)17(6)15(20)22-10-8-2/h7-8,11-12H,1-2,9-10H2,3-6H3. The van der Waals surface area contributed by atoms with Crippen molar-refractivity contribution in [3.63, 3.8) is 0 Å². The van der Waals surface area contributed by atoms with E-state index in [2.05, 4.69) is 13.2 Å². The van der Waals surface area contributed by atoms with Crippen molar-refractivity contribution in [1.29, 1.82) is 0 Å². The van der Waals surface area contributed by atoms with E-state index in [-0.39, 0.29) is 13.2 Å². The Morgan fingerprint density at radius 3 is 1.95 bits per heavy atom. The molecule has 0 heterocycles. The van der Waals surface area contributed by atoms with E-state index in [4.69, 9.17) is 9.47 Å². The van der Waals surface area contributed by atoms with Crippen molar-refractivity contribution in [2.24, 2.45) is 0 Å². The highest BCUT2D eigenvalue weighted by Crippen LogP contribution is 2.07. The van der Waals surface area contributed by atoms with Gasteiger partial charge in [0.2, 0.25) is 5.91 Å². The van der Waals surface area contributed by atoms with Crippen LogP contribution in [-0.4, -0.2) is 67.2 Å². The highest BCUT2D eigenvalue weighted by atomic mass is 16.6. The van der Waals surface area contributed by atoms with Gasteiger partial charge in [0, 0.05) is 14.1 Å². The summed E-state index contributed by atoms with van der Waals surface area (Å²) >= 11 is 0. The van der Waals surface area contributed by atoms with Gasteiger partial charge in [-0.3, -0.25) is 9.69 Å². The van der Waals surface area contributed by atoms with Crippen LogP contribution in [0, 0.1) is 0 Å². The summed E-state index contributed by atoms with van der Waals surface area (Å²) in [5.74, 6) is -0.944. The summed E-state index contributed by atoms with van der Waals surface area (Å²) in [6, 6.07) is -1.55. The lowest BCUT2D eigenvalue weighted by Gasteiger charge is -2.30. The Morgan fingerprint density at radius 1 is 0.955 bits per heavy atom. The van der Waals surface area contributed by atoms with Crippen LogP contribution in [0.3, 0.4) is 0 Å². The fraction of sp³-hybridized carbons (Fsp3) is 0.533. The molecule has 2 unspecified atom stereocenters. The second-order valence-corrected chi connectivity index (χ2v) is 4.70. The Hall–Kier alpha value is -2.31. The largest absolute Gasteiger partial charge is 0.460 e. The van der Waals surface area contributed by atoms with Crippen molar-refractivity contribution in [1.82, 2.24) is 9.80 Å². The zero-order valence-corrected chi connectivity index (χ0v) is 13.6. The van der Waals surface area contributed by atoms with E-state index in [1.165, 1.54) is 31.1 Å². The van der Waals surface area contributed by atoms with Gasteiger partial charge < -0.3 is 14.4 Å². The van der Waals surface area contributed by atoms with E-state index in [9.17, 15) is 14.4 Å². The first-order valence-corrected chi connectivity index (χ1v) is 6.82. The van der Waals surface area contributed by atoms with Gasteiger partial charge in [-0.05, 0) is 13.8 Å². The van der Waals surface area contributed by atoms with Crippen molar-refractivity contribution >= 4 is 18.0 Å². The van der Waals surface area contributed by atoms with E-state index >= 15 is 0 Å². The summed E-state index contributed by atoms with van der Waals surface area (Å²) in [7, 11) is 2.92. The molecule has 0 bridgehead atoms. The number of likely N-dealkylation sites (N-methyl/N-ethyl adjacent to an activating group) is 2. The maximum absolute atomic E-state index is 12.3. The molecular formula is C15H24N2O5. The lowest BCUT2D eigenvalue weighted by molar-refractivity contribution is -0.153. The van der Waals surface area contributed by atoms with Gasteiger partial charge in [0.1, 0.15) is 25.3 Å². The van der Waals surface area contributed by atoms with E-state index in [1.807, 2.05) is 0 Å². The molecule has 0 spiro atoms. The average molecular weight is 312 g/mol. The molecule has 0 aromatic carbocycles. The number of nitrogens with zero attached hydrogens (tertiary/aromatic N) is 2. The normalized spacial score (nSPS) is 12.5. The number of amides is 2. The molecule has 2 amide bonds. The number of hydrogen-bond acceptors (Lipinski definition) is 5. The van der Waals surface area contributed by atoms with Crippen LogP contribution in [0.2, 0.25) is 0 Å². The van der Waals surface area contributed by atoms with Crippen LogP contribution in [0.5, 0.6) is 0 Å². The van der Waals surface area contributed by atoms with Gasteiger partial charge in [-0.15, -0.1) is 0 Å². The third-order valence-electron chi connectivity index (χ3n) is 3.16. The molecule has 2 atom stereocenters. The van der Waals surface area contributed by atoms with Crippen LogP contribution >= 0.6 is 0 Å². The molecule has 0 aromatic heterocycles. The number of esters is 1. The van der Waals surface area contributed by atoms with Gasteiger partial charge in [-0.25, -0.2) is 9.59 Å². The summed E-state index contributed by atoms with van der Waals surface area (Å²) in [5, 5.41) is 0. The van der Waals surface area contributed by atoms with Crippen LogP contribution in [0.1, 0.15) is 13.8 Å². The molecular weight excluding hydrogens is 288 g/mol. The quantitative estimate of drug-likeness (QED) is 0.497. The summed E-state index contributed by atoms with van der Waals surface area (Å²) in [6.07, 6.45) is 2.23. The molecule has 7 nitrogen and oxygen atoms in total. The smallest absolute Gasteiger partial charge is 0.410 e. The van der Waals surface area contributed by atoms with Crippen LogP contribution in [0.4, 0.5) is 4.79 Å². The van der Waals surface area contributed by atoms with Gasteiger partial charge in [-0.1, -0.05) is 25.3 Å². The Labute approximate surface area is 131 Å². The number of hydrogen-bond donors (Lipinski definition) is 0. The zero-order valence-electron chi connectivity index (χ0n) is 13.6. The first-order valence-electron chi connectivity index (χ1n) is 6.82. The van der Waals surface area contributed by atoms with Crippen molar-refractivity contribution in [2.75, 3.05) is 27.3 Å². The SMILES string of the molecule is C=CCOC(=O)C(C)N(C)C(=O)C(C)N(C)C(=O)OCC=C. The Balaban J connectivity index is 4.71. The first-order chi connectivity index (χ1) is 10.3. The summed E-state index contributed by atoms with van der Waals surface area (Å²) in [4.78, 5) is 38.1. The summed E-state index contributed by atoms with van der Waals surface area (Å²) in [6.45, 7) is 10.1. The molecule has 0 aliphatic rings. The predicted molar refractivity (Wildman–Crippen MR) is 82.2 cm³/mol. The molecule has 0 radical (unpaired) electrons. The second kappa shape index (κ2) is 9.59. The van der Waals surface area contributed by atoms with Gasteiger partial charge in [0.25, 0.3) is 0 Å². The monoisotopic (exact) mass is 312 g/mol. The summed E-state index contributed by atoms with van der Waals surface area (Å²) < 4.78 is 9.76. The average Bonchev–Trinajstić information content (AvgIpc) is 2.53. The molecule has 0 N–H and O–H groups in total. The van der Waals surface area contributed by atoms with Crippen molar-refractivity contribution < 1.29 is 23.9 Å². The number of ether oxygens (including phenoxy) is 2. The van der Waals surface area contributed by atoms with Gasteiger partial charge in [0.15, 0.2) is 0 Å². The minimum absolute atomic E-state index is 0.0597. The fourth-order valence-electron chi connectivity index (χ4n) is 1.46. The van der Waals surface area contributed by atoms with E-state index in [0.29, 0.717) is 0 Å². The van der Waals surface area contributed by atoms with Crippen LogP contribution in [0.25, 0.3) is 0 Å². The Bertz CT molecular complexity index is 398. The number of rotatable bonds is 8. The number of carbonyl (C=O) groups is 3. The minimum Gasteiger partial charge on any atom is -0.460 e. The summed E-state index contributed by atoms with van der Waals surface area (Å²) in [5.41, 5.74) is 0. The second-order valence-electron chi connectivity index (χ2n) is 4.70. The first kappa shape index (κ1) is 19.7. The topological polar surface area (TPSA) is 76.2 Å². The molecule has 7 heteroatoms. The van der Waals surface area contributed by atoms with Gasteiger partial charge in [-0.2, -0.15) is 0 Å². The van der Waals surface area contributed by atoms with Crippen molar-refractivity contribution in [3.8, 4) is 0 Å². The predicted octanol–water partition coefficient (Wildman–Crippen LogP) is 1.21. The number of carbonyl (C=O) groups excluding carboxylic acids is 3. The fourth-order valence-corrected chi connectivity index (χ4v) is 1.46. The van der Waals surface area contributed by atoms with Crippen molar-refractivity contribution in [2.45, 2.75) is 25.9 Å². The third kappa shape index (κ3) is 5.59. The molecule has 0 rings (SSSR count). The highest BCUT2D eigenvalue weighted by molar-refractivity contribution is 5.89. The molecule has 0 aromatic rings. The maximum atomic E-state index is 12.3. The van der Waals surface area contributed by atoms with Gasteiger partial charge in [0.05, 0.1) is 0 Å². The molecule has 0 saturated carbocycles. The lowest BCUT2D eigenvalue weighted by atomic mass is 10.2. The maximum Gasteiger partial charge on any atom is 0.410 e. The Kier molecular flexibility index (Phi) is 8.59. The van der Waals surface area contributed by atoms with Crippen molar-refractivity contribution in [3.05, 3.63) is 25.3 Å². The van der Waals surface area contributed by atoms with E-state index < -0.39 is 30.1 Å². The lowest BCUT2D eigenvalue weighted by Crippen LogP contribution is -2.51. The molecule has 124 valence electrons. The van der Waals surface area contributed by atoms with Crippen LogP contribution in [-0.2, 0) is 19.1 Å². The molecule has 22 heavy (non-hydrogen) atoms. The van der Waals surface area contributed by atoms with Crippen LogP contribution in [0.15, 0.2) is 25.3 Å². The van der Waals surface area contributed by atoms with Gasteiger partial charge >= 0.3 is 12.1 Å². The molecule has 0 aliphatic carbocycles. The Morgan fingerprint density at radius 2 is 1.45 bits per heavy atom. The molecule has 0 aliphatic heterocycles.